The molecule has 2 amide bonds. The number of carbonyl (C=O) groups is 3. The third kappa shape index (κ3) is 4.69. The lowest BCUT2D eigenvalue weighted by Crippen LogP contribution is -2.53. The number of hydrogen-bond donors (Lipinski definition) is 1. The van der Waals surface area contributed by atoms with Crippen LogP contribution < -0.4 is 20.2 Å². The van der Waals surface area contributed by atoms with Crippen molar-refractivity contribution in [3.63, 3.8) is 0 Å². The van der Waals surface area contributed by atoms with Gasteiger partial charge in [0.2, 0.25) is 18.1 Å². The molecule has 0 radical (unpaired) electrons. The molecule has 10 nitrogen and oxygen atoms in total. The van der Waals surface area contributed by atoms with Gasteiger partial charge in [0, 0.05) is 31.9 Å². The molecule has 1 saturated heterocycles. The van der Waals surface area contributed by atoms with Gasteiger partial charge in [-0.15, -0.1) is 0 Å². The Bertz CT molecular complexity index is 1210. The largest absolute Gasteiger partial charge is 0.469 e. The maximum Gasteiger partial charge on any atom is 0.308 e. The first-order chi connectivity index (χ1) is 16.7. The second-order valence-corrected chi connectivity index (χ2v) is 9.20. The van der Waals surface area contributed by atoms with Crippen molar-refractivity contribution in [3.8, 4) is 11.5 Å². The highest BCUT2D eigenvalue weighted by atomic mass is 16.7. The van der Waals surface area contributed by atoms with Crippen LogP contribution in [0.3, 0.4) is 0 Å². The van der Waals surface area contributed by atoms with Gasteiger partial charge in [0.25, 0.3) is 5.91 Å². The minimum atomic E-state index is -0.806. The molecular formula is C25H31N3O7. The van der Waals surface area contributed by atoms with Crippen LogP contribution in [0, 0.1) is 11.8 Å². The van der Waals surface area contributed by atoms with Crippen LogP contribution in [-0.2, 0) is 20.9 Å². The normalized spacial score (nSPS) is 16.4. The van der Waals surface area contributed by atoms with Crippen LogP contribution in [0.5, 0.6) is 11.5 Å². The van der Waals surface area contributed by atoms with Crippen molar-refractivity contribution in [1.29, 1.82) is 0 Å². The molecule has 1 fully saturated rings. The molecule has 0 saturated carbocycles. The molecular weight excluding hydrogens is 454 g/mol. The molecule has 4 rings (SSSR count). The smallest absolute Gasteiger partial charge is 0.308 e. The topological polar surface area (TPSA) is 116 Å². The van der Waals surface area contributed by atoms with Gasteiger partial charge in [-0.3, -0.25) is 19.2 Å². The van der Waals surface area contributed by atoms with Crippen molar-refractivity contribution in [2.24, 2.45) is 11.8 Å². The maximum absolute atomic E-state index is 13.3. The van der Waals surface area contributed by atoms with Crippen LogP contribution in [-0.4, -0.2) is 60.3 Å². The number of carbonyl (C=O) groups excluding carboxylic acids is 3. The number of esters is 1. The van der Waals surface area contributed by atoms with Gasteiger partial charge in [0.15, 0.2) is 11.5 Å². The highest BCUT2D eigenvalue weighted by molar-refractivity contribution is 6.00. The summed E-state index contributed by atoms with van der Waals surface area (Å²) in [5, 5.41) is 3.14. The van der Waals surface area contributed by atoms with Crippen molar-refractivity contribution in [1.82, 2.24) is 14.8 Å². The number of piperidine rings is 1. The average Bonchev–Trinajstić information content (AvgIpc) is 3.33. The number of ether oxygens (including phenoxy) is 3. The van der Waals surface area contributed by atoms with E-state index >= 15 is 0 Å². The molecule has 0 spiro atoms. The number of likely N-dealkylation sites (tertiary alicyclic amines) is 1. The third-order valence-electron chi connectivity index (χ3n) is 6.72. The molecule has 1 aromatic carbocycles. The Hall–Kier alpha value is -3.56. The zero-order chi connectivity index (χ0) is 25.3. The summed E-state index contributed by atoms with van der Waals surface area (Å²) in [5.41, 5.74) is 0.165. The number of hydrogen-bond acceptors (Lipinski definition) is 7. The Morgan fingerprint density at radius 2 is 1.80 bits per heavy atom. The summed E-state index contributed by atoms with van der Waals surface area (Å²) in [6, 6.07) is 2.53. The van der Waals surface area contributed by atoms with Crippen molar-refractivity contribution in [2.45, 2.75) is 46.2 Å². The number of pyridine rings is 1. The van der Waals surface area contributed by atoms with E-state index in [0.29, 0.717) is 54.9 Å². The quantitative estimate of drug-likeness (QED) is 0.622. The first-order valence-corrected chi connectivity index (χ1v) is 11.9. The van der Waals surface area contributed by atoms with E-state index in [-0.39, 0.29) is 36.1 Å². The number of aromatic nitrogens is 1. The van der Waals surface area contributed by atoms with Gasteiger partial charge in [0.05, 0.1) is 23.9 Å². The second kappa shape index (κ2) is 9.97. The Balaban J connectivity index is 1.57. The third-order valence-corrected chi connectivity index (χ3v) is 6.72. The van der Waals surface area contributed by atoms with Gasteiger partial charge in [0.1, 0.15) is 11.6 Å². The molecule has 0 aliphatic carbocycles. The molecule has 35 heavy (non-hydrogen) atoms. The summed E-state index contributed by atoms with van der Waals surface area (Å²) in [7, 11) is 1.36. The van der Waals surface area contributed by atoms with Crippen LogP contribution in [0.1, 0.15) is 44.0 Å². The number of methoxy groups -OCH3 is 1. The van der Waals surface area contributed by atoms with Crippen molar-refractivity contribution in [3.05, 3.63) is 34.1 Å². The Morgan fingerprint density at radius 1 is 1.14 bits per heavy atom. The first kappa shape index (κ1) is 24.6. The van der Waals surface area contributed by atoms with Gasteiger partial charge < -0.3 is 29.0 Å². The van der Waals surface area contributed by atoms with E-state index in [0.717, 1.165) is 0 Å². The highest BCUT2D eigenvalue weighted by Crippen LogP contribution is 2.35. The summed E-state index contributed by atoms with van der Waals surface area (Å²) < 4.78 is 17.5. The predicted molar refractivity (Wildman–Crippen MR) is 127 cm³/mol. The number of nitrogens with zero attached hydrogens (tertiary/aromatic N) is 2. The summed E-state index contributed by atoms with van der Waals surface area (Å²) in [5.74, 6) is -0.510. The molecule has 1 atom stereocenters. The molecule has 0 unspecified atom stereocenters. The monoisotopic (exact) mass is 485 g/mol. The Morgan fingerprint density at radius 3 is 2.40 bits per heavy atom. The fourth-order valence-electron chi connectivity index (χ4n) is 4.63. The van der Waals surface area contributed by atoms with Gasteiger partial charge in [-0.05, 0) is 31.7 Å². The number of fused-ring (bicyclic) bond motifs is 2. The number of amides is 2. The molecule has 1 N–H and O–H groups in total. The van der Waals surface area contributed by atoms with Crippen molar-refractivity contribution in [2.75, 3.05) is 27.0 Å². The van der Waals surface area contributed by atoms with Crippen LogP contribution in [0.25, 0.3) is 10.9 Å². The van der Waals surface area contributed by atoms with Gasteiger partial charge >= 0.3 is 5.97 Å². The fourth-order valence-corrected chi connectivity index (χ4v) is 4.63. The highest BCUT2D eigenvalue weighted by Gasteiger charge is 2.34. The summed E-state index contributed by atoms with van der Waals surface area (Å²) in [6.07, 6.45) is 2.55. The van der Waals surface area contributed by atoms with Gasteiger partial charge in [-0.2, -0.15) is 0 Å². The maximum atomic E-state index is 13.3. The summed E-state index contributed by atoms with van der Waals surface area (Å²) in [4.78, 5) is 53.3. The van der Waals surface area contributed by atoms with E-state index in [1.54, 1.807) is 21.6 Å². The molecule has 3 heterocycles. The van der Waals surface area contributed by atoms with E-state index < -0.39 is 17.4 Å². The lowest BCUT2D eigenvalue weighted by Gasteiger charge is -2.34. The van der Waals surface area contributed by atoms with E-state index in [4.69, 9.17) is 14.2 Å². The van der Waals surface area contributed by atoms with E-state index in [2.05, 4.69) is 5.32 Å². The summed E-state index contributed by atoms with van der Waals surface area (Å²) in [6.45, 7) is 7.01. The molecule has 188 valence electrons. The van der Waals surface area contributed by atoms with Crippen LogP contribution in [0.15, 0.2) is 23.1 Å². The lowest BCUT2D eigenvalue weighted by atomic mass is 9.95. The van der Waals surface area contributed by atoms with Crippen molar-refractivity contribution < 1.29 is 28.6 Å². The first-order valence-electron chi connectivity index (χ1n) is 11.9. The lowest BCUT2D eigenvalue weighted by molar-refractivity contribution is -0.149. The van der Waals surface area contributed by atoms with Crippen LogP contribution in [0.4, 0.5) is 0 Å². The van der Waals surface area contributed by atoms with Gasteiger partial charge in [-0.1, -0.05) is 13.8 Å². The van der Waals surface area contributed by atoms with Crippen molar-refractivity contribution >= 4 is 28.7 Å². The molecule has 10 heteroatoms. The molecule has 1 aromatic heterocycles. The Kier molecular flexibility index (Phi) is 7.00. The number of benzene rings is 1. The average molecular weight is 486 g/mol. The number of rotatable bonds is 6. The summed E-state index contributed by atoms with van der Waals surface area (Å²) >= 11 is 0. The fraction of sp³-hybridized carbons (Fsp3) is 0.520. The molecule has 2 aliphatic heterocycles. The number of nitrogens with one attached hydrogen (secondary N) is 1. The molecule has 2 aliphatic rings. The Labute approximate surface area is 203 Å². The second-order valence-electron chi connectivity index (χ2n) is 9.20. The molecule has 0 bridgehead atoms. The van der Waals surface area contributed by atoms with E-state index in [1.165, 1.54) is 13.3 Å². The minimum Gasteiger partial charge on any atom is -0.469 e. The van der Waals surface area contributed by atoms with E-state index in [9.17, 15) is 19.2 Å². The van der Waals surface area contributed by atoms with Crippen LogP contribution in [0.2, 0.25) is 0 Å². The SMILES string of the molecule is CCn1cc(C(=O)N[C@@H](C(=O)N2CCC(C(=O)OC)CC2)C(C)C)c(=O)c2cc3c(cc21)OCO3. The van der Waals surface area contributed by atoms with Gasteiger partial charge in [-0.25, -0.2) is 0 Å². The zero-order valence-electron chi connectivity index (χ0n) is 20.5. The number of aryl methyl sites for hydroxylation is 1. The van der Waals surface area contributed by atoms with Crippen LogP contribution >= 0.6 is 0 Å². The predicted octanol–water partition coefficient (Wildman–Crippen LogP) is 1.92. The molecule has 2 aromatic rings. The zero-order valence-corrected chi connectivity index (χ0v) is 20.5. The van der Waals surface area contributed by atoms with E-state index in [1.807, 2.05) is 20.8 Å². The standard InChI is InChI=1S/C25H31N3O7/c1-5-27-12-17(22(29)16-10-19-20(11-18(16)27)35-13-34-19)23(30)26-21(14(2)3)24(31)28-8-6-15(7-9-28)25(32)33-4/h10-12,14-15,21H,5-9,13H2,1-4H3,(H,26,30)/t21-/m1/s1. The minimum absolute atomic E-state index is 0.0407.